The minimum atomic E-state index is -0.492. The van der Waals surface area contributed by atoms with Crippen molar-refractivity contribution in [2.45, 2.75) is 6.42 Å². The largest absolute Gasteiger partial charge is 0.396 e. The number of halogens is 3. The molecule has 0 amide bonds. The molecule has 0 bridgehead atoms. The molecule has 0 fully saturated rings. The Morgan fingerprint density at radius 2 is 2.12 bits per heavy atom. The molecule has 2 N–H and O–H groups in total. The van der Waals surface area contributed by atoms with Gasteiger partial charge in [0.05, 0.1) is 10.7 Å². The lowest BCUT2D eigenvalue weighted by atomic mass is 9.99. The van der Waals surface area contributed by atoms with Crippen molar-refractivity contribution in [3.8, 4) is 0 Å². The van der Waals surface area contributed by atoms with Crippen LogP contribution in [0.4, 0.5) is 14.6 Å². The minimum Gasteiger partial charge on any atom is -0.396 e. The van der Waals surface area contributed by atoms with Crippen LogP contribution in [0.25, 0.3) is 5.65 Å². The molecular weight excluding hydrogens is 382 g/mol. The van der Waals surface area contributed by atoms with Crippen molar-refractivity contribution in [3.05, 3.63) is 58.3 Å². The Balaban J connectivity index is 1.68. The molecule has 1 atom stereocenters. The minimum absolute atomic E-state index is 0.151. The van der Waals surface area contributed by atoms with Gasteiger partial charge in [0.15, 0.2) is 5.65 Å². The van der Waals surface area contributed by atoms with E-state index in [0.29, 0.717) is 18.0 Å². The maximum Gasteiger partial charge on any atom is 0.171 e. The number of aromatic nitrogens is 3. The Bertz CT molecular complexity index is 855. The molecule has 2 aromatic heterocycles. The first-order valence-corrected chi connectivity index (χ1v) is 8.14. The fourth-order valence-electron chi connectivity index (χ4n) is 2.40. The summed E-state index contributed by atoms with van der Waals surface area (Å²) in [5, 5.41) is 16.7. The molecule has 1 aromatic carbocycles. The average Bonchev–Trinajstić information content (AvgIpc) is 2.95. The van der Waals surface area contributed by atoms with Crippen LogP contribution in [0.2, 0.25) is 0 Å². The second kappa shape index (κ2) is 7.23. The van der Waals surface area contributed by atoms with Gasteiger partial charge in [-0.25, -0.2) is 18.3 Å². The number of hydrogen-bond donors (Lipinski definition) is 2. The van der Waals surface area contributed by atoms with Gasteiger partial charge in [-0.2, -0.15) is 5.10 Å². The van der Waals surface area contributed by atoms with E-state index in [-0.39, 0.29) is 24.5 Å². The van der Waals surface area contributed by atoms with E-state index in [0.717, 1.165) is 22.7 Å². The van der Waals surface area contributed by atoms with Crippen molar-refractivity contribution in [1.82, 2.24) is 14.6 Å². The molecule has 1 unspecified atom stereocenters. The fraction of sp³-hybridized carbons (Fsp3) is 0.250. The molecule has 0 saturated carbocycles. The Morgan fingerprint density at radius 1 is 1.29 bits per heavy atom. The average molecular weight is 397 g/mol. The molecule has 5 nitrogen and oxygen atoms in total. The summed E-state index contributed by atoms with van der Waals surface area (Å²) in [4.78, 5) is 4.41. The van der Waals surface area contributed by atoms with E-state index in [4.69, 9.17) is 0 Å². The number of hydrogen-bond acceptors (Lipinski definition) is 4. The summed E-state index contributed by atoms with van der Waals surface area (Å²) >= 11 is 3.36. The van der Waals surface area contributed by atoms with E-state index in [1.807, 2.05) is 0 Å². The molecule has 0 saturated heterocycles. The van der Waals surface area contributed by atoms with Crippen molar-refractivity contribution in [1.29, 1.82) is 0 Å². The number of aliphatic hydroxyl groups is 1. The molecule has 3 rings (SSSR count). The zero-order valence-electron chi connectivity index (χ0n) is 12.6. The fourth-order valence-corrected chi connectivity index (χ4v) is 2.76. The van der Waals surface area contributed by atoms with Crippen molar-refractivity contribution >= 4 is 27.4 Å². The number of fused-ring (bicyclic) bond motifs is 1. The number of nitrogens with one attached hydrogen (secondary N) is 1. The van der Waals surface area contributed by atoms with Gasteiger partial charge in [0.2, 0.25) is 0 Å². The van der Waals surface area contributed by atoms with Crippen LogP contribution in [0.3, 0.4) is 0 Å². The van der Waals surface area contributed by atoms with E-state index in [1.165, 1.54) is 0 Å². The first kappa shape index (κ1) is 16.8. The van der Waals surface area contributed by atoms with Crippen LogP contribution >= 0.6 is 15.9 Å². The maximum atomic E-state index is 13.7. The summed E-state index contributed by atoms with van der Waals surface area (Å²) in [6, 6.07) is 5.09. The lowest BCUT2D eigenvalue weighted by Gasteiger charge is -2.16. The van der Waals surface area contributed by atoms with E-state index in [2.05, 4.69) is 31.3 Å². The van der Waals surface area contributed by atoms with Crippen LogP contribution in [-0.4, -0.2) is 32.9 Å². The quantitative estimate of drug-likeness (QED) is 0.672. The van der Waals surface area contributed by atoms with Crippen molar-refractivity contribution in [2.75, 3.05) is 18.5 Å². The summed E-state index contributed by atoms with van der Waals surface area (Å²) in [6.07, 6.45) is 3.64. The number of aliphatic hydroxyl groups excluding tert-OH is 1. The van der Waals surface area contributed by atoms with Gasteiger partial charge >= 0.3 is 0 Å². The third kappa shape index (κ3) is 3.70. The Labute approximate surface area is 145 Å². The van der Waals surface area contributed by atoms with Crippen LogP contribution in [0, 0.1) is 17.6 Å². The summed E-state index contributed by atoms with van der Waals surface area (Å²) in [5.74, 6) is -0.624. The molecule has 8 heteroatoms. The lowest BCUT2D eigenvalue weighted by Crippen LogP contribution is -2.21. The monoisotopic (exact) mass is 396 g/mol. The normalized spacial score (nSPS) is 12.5. The number of nitrogens with zero attached hydrogens (tertiary/aromatic N) is 3. The van der Waals surface area contributed by atoms with Gasteiger partial charge in [-0.05, 0) is 52.2 Å². The summed E-state index contributed by atoms with van der Waals surface area (Å²) in [5.41, 5.74) is 0.912. The molecule has 24 heavy (non-hydrogen) atoms. The highest BCUT2D eigenvalue weighted by atomic mass is 79.9. The first-order chi connectivity index (χ1) is 11.6. The lowest BCUT2D eigenvalue weighted by molar-refractivity contribution is 0.231. The Morgan fingerprint density at radius 3 is 2.92 bits per heavy atom. The van der Waals surface area contributed by atoms with Gasteiger partial charge in [0, 0.05) is 25.3 Å². The molecule has 2 heterocycles. The van der Waals surface area contributed by atoms with Gasteiger partial charge in [-0.3, -0.25) is 0 Å². The van der Waals surface area contributed by atoms with E-state index >= 15 is 0 Å². The number of anilines is 1. The van der Waals surface area contributed by atoms with Crippen molar-refractivity contribution in [3.63, 3.8) is 0 Å². The van der Waals surface area contributed by atoms with Gasteiger partial charge in [0.1, 0.15) is 17.5 Å². The predicted molar refractivity (Wildman–Crippen MR) is 89.8 cm³/mol. The van der Waals surface area contributed by atoms with Crippen molar-refractivity contribution < 1.29 is 13.9 Å². The van der Waals surface area contributed by atoms with Gasteiger partial charge in [-0.1, -0.05) is 0 Å². The van der Waals surface area contributed by atoms with Crippen LogP contribution in [0.1, 0.15) is 5.56 Å². The van der Waals surface area contributed by atoms with Gasteiger partial charge in [-0.15, -0.1) is 0 Å². The zero-order valence-corrected chi connectivity index (χ0v) is 14.2. The molecule has 0 spiro atoms. The number of rotatable bonds is 6. The third-order valence-corrected chi connectivity index (χ3v) is 4.23. The molecule has 0 aliphatic carbocycles. The smallest absolute Gasteiger partial charge is 0.171 e. The summed E-state index contributed by atoms with van der Waals surface area (Å²) in [7, 11) is 0. The molecule has 0 radical (unpaired) electrons. The summed E-state index contributed by atoms with van der Waals surface area (Å²) < 4.78 is 29.4. The highest BCUT2D eigenvalue weighted by Crippen LogP contribution is 2.18. The third-order valence-electron chi connectivity index (χ3n) is 3.67. The molecule has 0 aliphatic rings. The Hall–Kier alpha value is -2.06. The molecule has 126 valence electrons. The second-order valence-corrected chi connectivity index (χ2v) is 6.30. The highest BCUT2D eigenvalue weighted by Gasteiger charge is 2.13. The van der Waals surface area contributed by atoms with Gasteiger partial charge in [0.25, 0.3) is 0 Å². The predicted octanol–water partition coefficient (Wildman–Crippen LogP) is 3.03. The zero-order chi connectivity index (χ0) is 17.1. The maximum absolute atomic E-state index is 13.7. The van der Waals surface area contributed by atoms with Crippen molar-refractivity contribution in [2.24, 2.45) is 5.92 Å². The Kier molecular flexibility index (Phi) is 5.06. The highest BCUT2D eigenvalue weighted by molar-refractivity contribution is 9.10. The molecule has 3 aromatic rings. The summed E-state index contributed by atoms with van der Waals surface area (Å²) in [6.45, 7) is 0.225. The van der Waals surface area contributed by atoms with Crippen LogP contribution in [0.5, 0.6) is 0 Å². The second-order valence-electron chi connectivity index (χ2n) is 5.44. The molecule has 0 aliphatic heterocycles. The standard InChI is InChI=1S/C16H15BrF2N4O/c17-13-8-21-23-4-3-15(22-16(13)23)20-7-10(9-24)5-11-6-12(18)1-2-14(11)19/h1-4,6,8,10,24H,5,7,9H2,(H,20,22). The van der Waals surface area contributed by atoms with Crippen LogP contribution in [0.15, 0.2) is 41.1 Å². The number of benzene rings is 1. The van der Waals surface area contributed by atoms with E-state index in [9.17, 15) is 13.9 Å². The van der Waals surface area contributed by atoms with E-state index in [1.54, 1.807) is 23.0 Å². The SMILES string of the molecule is OCC(CNc1ccn2ncc(Br)c2n1)Cc1cc(F)ccc1F. The van der Waals surface area contributed by atoms with Gasteiger partial charge < -0.3 is 10.4 Å². The topological polar surface area (TPSA) is 62.5 Å². The first-order valence-electron chi connectivity index (χ1n) is 7.35. The van der Waals surface area contributed by atoms with E-state index < -0.39 is 11.6 Å². The molecular formula is C16H15BrF2N4O. The van der Waals surface area contributed by atoms with Crippen LogP contribution < -0.4 is 5.32 Å². The van der Waals surface area contributed by atoms with Crippen LogP contribution in [-0.2, 0) is 6.42 Å².